The van der Waals surface area contributed by atoms with Gasteiger partial charge in [-0.05, 0) is 31.0 Å². The second kappa shape index (κ2) is 10.7. The molecule has 1 saturated carbocycles. The first-order valence-corrected chi connectivity index (χ1v) is 11.1. The lowest BCUT2D eigenvalue weighted by Gasteiger charge is -2.15. The maximum atomic E-state index is 12.4. The number of ether oxygens (including phenoxy) is 1. The monoisotopic (exact) mass is 452 g/mol. The second-order valence-corrected chi connectivity index (χ2v) is 8.39. The zero-order valence-corrected chi connectivity index (χ0v) is 18.3. The predicted octanol–water partition coefficient (Wildman–Crippen LogP) is 2.83. The molecule has 3 N–H and O–H groups in total. The summed E-state index contributed by atoms with van der Waals surface area (Å²) in [4.78, 5) is 29.1. The number of rotatable bonds is 9. The maximum absolute atomic E-state index is 12.4. The fourth-order valence-corrected chi connectivity index (χ4v) is 4.35. The van der Waals surface area contributed by atoms with Crippen molar-refractivity contribution in [1.29, 1.82) is 0 Å². The number of methoxy groups -OCH3 is 1. The second-order valence-electron chi connectivity index (χ2n) is 7.01. The van der Waals surface area contributed by atoms with Crippen LogP contribution in [0.5, 0.6) is 5.75 Å². The lowest BCUT2D eigenvalue weighted by atomic mass is 10.2. The van der Waals surface area contributed by atoms with Gasteiger partial charge in [0.25, 0.3) is 0 Å². The minimum atomic E-state index is -0.268. The van der Waals surface area contributed by atoms with Crippen molar-refractivity contribution in [2.45, 2.75) is 50.0 Å². The first kappa shape index (κ1) is 22.5. The summed E-state index contributed by atoms with van der Waals surface area (Å²) in [6.07, 6.45) is 5.77. The number of hydrogen-bond acceptors (Lipinski definition) is 6. The van der Waals surface area contributed by atoms with E-state index in [2.05, 4.69) is 15.6 Å². The van der Waals surface area contributed by atoms with E-state index in [1.807, 2.05) is 0 Å². The molecule has 1 aromatic heterocycles. The normalized spacial score (nSPS) is 14.0. The number of hydrogen-bond donors (Lipinski definition) is 3. The van der Waals surface area contributed by atoms with E-state index in [4.69, 9.17) is 16.3 Å². The molecule has 30 heavy (non-hydrogen) atoms. The molecule has 1 aromatic carbocycles. The van der Waals surface area contributed by atoms with Crippen LogP contribution in [0.2, 0.25) is 5.02 Å². The van der Waals surface area contributed by atoms with E-state index in [-0.39, 0.29) is 36.8 Å². The molecule has 0 atom stereocenters. The molecule has 2 amide bonds. The molecule has 1 aliphatic carbocycles. The van der Waals surface area contributed by atoms with Crippen LogP contribution in [-0.2, 0) is 22.7 Å². The first-order valence-electron chi connectivity index (χ1n) is 9.71. The van der Waals surface area contributed by atoms with E-state index in [9.17, 15) is 14.7 Å². The molecule has 3 rings (SSSR count). The Morgan fingerprint density at radius 3 is 2.80 bits per heavy atom. The third kappa shape index (κ3) is 5.90. The van der Waals surface area contributed by atoms with Gasteiger partial charge in [0.15, 0.2) is 5.16 Å². The van der Waals surface area contributed by atoms with Crippen LogP contribution in [0.1, 0.15) is 31.4 Å². The van der Waals surface area contributed by atoms with Gasteiger partial charge in [-0.1, -0.05) is 36.2 Å². The minimum Gasteiger partial charge on any atom is -0.495 e. The zero-order chi connectivity index (χ0) is 21.5. The van der Waals surface area contributed by atoms with Gasteiger partial charge in [0, 0.05) is 11.1 Å². The third-order valence-corrected chi connectivity index (χ3v) is 6.08. The van der Waals surface area contributed by atoms with Crippen molar-refractivity contribution in [1.82, 2.24) is 14.9 Å². The molecule has 2 aromatic rings. The Morgan fingerprint density at radius 1 is 1.33 bits per heavy atom. The highest BCUT2D eigenvalue weighted by Crippen LogP contribution is 2.28. The van der Waals surface area contributed by atoms with Gasteiger partial charge in [-0.15, -0.1) is 0 Å². The Morgan fingerprint density at radius 2 is 2.10 bits per heavy atom. The first-order chi connectivity index (χ1) is 14.5. The number of anilines is 1. The van der Waals surface area contributed by atoms with Gasteiger partial charge in [-0.3, -0.25) is 9.59 Å². The molecule has 1 aliphatic rings. The number of nitrogens with zero attached hydrogens (tertiary/aromatic N) is 2. The molecule has 0 bridgehead atoms. The number of amides is 2. The lowest BCUT2D eigenvalue weighted by molar-refractivity contribution is -0.122. The number of benzene rings is 1. The number of nitrogens with one attached hydrogen (secondary N) is 2. The average Bonchev–Trinajstić information content (AvgIpc) is 3.36. The molecule has 162 valence electrons. The molecule has 1 fully saturated rings. The molecule has 0 unspecified atom stereocenters. The zero-order valence-electron chi connectivity index (χ0n) is 16.7. The largest absolute Gasteiger partial charge is 0.495 e. The van der Waals surface area contributed by atoms with Gasteiger partial charge in [0.05, 0.1) is 37.0 Å². The van der Waals surface area contributed by atoms with Crippen LogP contribution in [0, 0.1) is 0 Å². The number of aliphatic hydroxyl groups is 1. The van der Waals surface area contributed by atoms with Gasteiger partial charge in [-0.2, -0.15) is 0 Å². The molecule has 10 heteroatoms. The summed E-state index contributed by atoms with van der Waals surface area (Å²) in [5, 5.41) is 16.3. The Kier molecular flexibility index (Phi) is 8.01. The summed E-state index contributed by atoms with van der Waals surface area (Å²) in [6, 6.07) is 5.18. The lowest BCUT2D eigenvalue weighted by Crippen LogP contribution is -2.35. The van der Waals surface area contributed by atoms with Crippen molar-refractivity contribution in [3.05, 3.63) is 35.1 Å². The number of aliphatic hydroxyl groups excluding tert-OH is 1. The van der Waals surface area contributed by atoms with Crippen LogP contribution in [-0.4, -0.2) is 45.4 Å². The fraction of sp³-hybridized carbons (Fsp3) is 0.450. The Labute approximate surface area is 184 Å². The van der Waals surface area contributed by atoms with E-state index in [0.717, 1.165) is 25.7 Å². The minimum absolute atomic E-state index is 0.0540. The molecule has 0 spiro atoms. The fourth-order valence-electron chi connectivity index (χ4n) is 3.38. The van der Waals surface area contributed by atoms with E-state index < -0.39 is 0 Å². The number of carbonyl (C=O) groups excluding carboxylic acids is 2. The Bertz CT molecular complexity index is 899. The summed E-state index contributed by atoms with van der Waals surface area (Å²) in [7, 11) is 1.51. The smallest absolute Gasteiger partial charge is 0.240 e. The van der Waals surface area contributed by atoms with E-state index in [1.54, 1.807) is 22.8 Å². The van der Waals surface area contributed by atoms with Crippen LogP contribution in [0.4, 0.5) is 5.69 Å². The van der Waals surface area contributed by atoms with Gasteiger partial charge < -0.3 is 25.0 Å². The van der Waals surface area contributed by atoms with E-state index in [0.29, 0.717) is 27.3 Å². The van der Waals surface area contributed by atoms with Gasteiger partial charge in [-0.25, -0.2) is 4.98 Å². The van der Waals surface area contributed by atoms with Crippen LogP contribution in [0.3, 0.4) is 0 Å². The van der Waals surface area contributed by atoms with Crippen molar-refractivity contribution in [2.75, 3.05) is 18.2 Å². The maximum Gasteiger partial charge on any atom is 0.240 e. The molecule has 8 nitrogen and oxygen atoms in total. The molecule has 0 saturated heterocycles. The molecular formula is C20H25ClN4O4S. The SMILES string of the molecule is COc1ccc(Cl)cc1NC(=O)CSc1ncc(CO)n1CC(=O)NC1CCCC1. The van der Waals surface area contributed by atoms with Crippen LogP contribution < -0.4 is 15.4 Å². The average molecular weight is 453 g/mol. The van der Waals surface area contributed by atoms with Crippen molar-refractivity contribution in [3.63, 3.8) is 0 Å². The molecular weight excluding hydrogens is 428 g/mol. The highest BCUT2D eigenvalue weighted by Gasteiger charge is 2.20. The van der Waals surface area contributed by atoms with Crippen molar-refractivity contribution in [3.8, 4) is 5.75 Å². The van der Waals surface area contributed by atoms with Gasteiger partial charge in [0.1, 0.15) is 12.3 Å². The third-order valence-electron chi connectivity index (χ3n) is 4.85. The van der Waals surface area contributed by atoms with E-state index >= 15 is 0 Å². The number of aromatic nitrogens is 2. The van der Waals surface area contributed by atoms with Crippen molar-refractivity contribution < 1.29 is 19.4 Å². The van der Waals surface area contributed by atoms with Gasteiger partial charge in [0.2, 0.25) is 11.8 Å². The van der Waals surface area contributed by atoms with E-state index in [1.165, 1.54) is 25.1 Å². The summed E-state index contributed by atoms with van der Waals surface area (Å²) >= 11 is 7.18. The van der Waals surface area contributed by atoms with Crippen molar-refractivity contribution in [2.24, 2.45) is 0 Å². The number of halogens is 1. The van der Waals surface area contributed by atoms with Crippen molar-refractivity contribution >= 4 is 40.9 Å². The molecule has 0 aliphatic heterocycles. The summed E-state index contributed by atoms with van der Waals surface area (Å²) in [5.41, 5.74) is 1.00. The highest BCUT2D eigenvalue weighted by atomic mass is 35.5. The summed E-state index contributed by atoms with van der Waals surface area (Å²) in [5.74, 6) is 0.188. The summed E-state index contributed by atoms with van der Waals surface area (Å²) in [6.45, 7) is -0.186. The van der Waals surface area contributed by atoms with Gasteiger partial charge >= 0.3 is 0 Å². The number of imidazole rings is 1. The highest BCUT2D eigenvalue weighted by molar-refractivity contribution is 7.99. The van der Waals surface area contributed by atoms with Crippen LogP contribution in [0.15, 0.2) is 29.6 Å². The number of thioether (sulfide) groups is 1. The number of carbonyl (C=O) groups is 2. The quantitative estimate of drug-likeness (QED) is 0.505. The van der Waals surface area contributed by atoms with Crippen LogP contribution >= 0.6 is 23.4 Å². The topological polar surface area (TPSA) is 105 Å². The Hall–Kier alpha value is -2.23. The predicted molar refractivity (Wildman–Crippen MR) is 116 cm³/mol. The standard InChI is InChI=1S/C20H25ClN4O4S/c1-29-17-7-6-13(21)8-16(17)24-19(28)12-30-20-22-9-15(11-26)25(20)10-18(27)23-14-4-2-3-5-14/h6-9,14,26H,2-5,10-12H2,1H3,(H,23,27)(H,24,28). The molecule has 1 heterocycles. The summed E-state index contributed by atoms with van der Waals surface area (Å²) < 4.78 is 6.87. The Balaban J connectivity index is 1.61. The molecule has 0 radical (unpaired) electrons. The van der Waals surface area contributed by atoms with Crippen LogP contribution in [0.25, 0.3) is 0 Å².